The summed E-state index contributed by atoms with van der Waals surface area (Å²) in [5.41, 5.74) is 3.92. The van der Waals surface area contributed by atoms with Gasteiger partial charge in [-0.05, 0) is 129 Å². The summed E-state index contributed by atoms with van der Waals surface area (Å²) in [5, 5.41) is 0. The lowest BCUT2D eigenvalue weighted by atomic mass is 9.11. The highest BCUT2D eigenvalue weighted by atomic mass is 15.1. The summed E-state index contributed by atoms with van der Waals surface area (Å²) in [7, 11) is 0. The van der Waals surface area contributed by atoms with Crippen molar-refractivity contribution in [2.24, 2.45) is 97.1 Å². The maximum atomic E-state index is 3.04. The van der Waals surface area contributed by atoms with Gasteiger partial charge in [-0.2, -0.15) is 0 Å². The van der Waals surface area contributed by atoms with Crippen LogP contribution in [0.3, 0.4) is 0 Å². The molecule has 0 aromatic rings. The molecule has 0 heterocycles. The lowest BCUT2D eigenvalue weighted by molar-refractivity contribution is -0.464. The third-order valence-electron chi connectivity index (χ3n) is 19.1. The van der Waals surface area contributed by atoms with E-state index in [1.807, 2.05) is 0 Å². The van der Waals surface area contributed by atoms with Crippen LogP contribution in [0.4, 0.5) is 0 Å². The molecule has 0 amide bonds. The van der Waals surface area contributed by atoms with E-state index in [4.69, 9.17) is 0 Å². The smallest absolute Gasteiger partial charge is 0.00774 e. The predicted octanol–water partition coefficient (Wildman–Crippen LogP) is 11.3. The van der Waals surface area contributed by atoms with E-state index in [9.17, 15) is 0 Å². The van der Waals surface area contributed by atoms with E-state index in [0.717, 1.165) is 59.2 Å². The van der Waals surface area contributed by atoms with Crippen LogP contribution in [0.1, 0.15) is 147 Å². The molecule has 7 rings (SSSR count). The predicted molar refractivity (Wildman–Crippen MR) is 166 cm³/mol. The number of hydrogen-bond acceptors (Lipinski definition) is 0. The van der Waals surface area contributed by atoms with Gasteiger partial charge in [0.05, 0.1) is 0 Å². The van der Waals surface area contributed by atoms with Crippen molar-refractivity contribution < 1.29 is 0 Å². The second kappa shape index (κ2) is 7.74. The van der Waals surface area contributed by atoms with Gasteiger partial charge in [0.15, 0.2) is 0 Å². The standard InChI is InChI=1S/C39H66/c1-13-17-20-37(29(16-4)28(15-3)23(5)6)25(8)31-32-33(9)22-30-26(14-2)18-19-27-21-24(7)39(34(27,33)10)36(37,12)35(31,11)38(30,32)39/h23-32H,13-22H2,1-12H3. The summed E-state index contributed by atoms with van der Waals surface area (Å²) in [6, 6.07) is 0. The molecule has 222 valence electrons. The Morgan fingerprint density at radius 3 is 2.13 bits per heavy atom. The van der Waals surface area contributed by atoms with Gasteiger partial charge >= 0.3 is 0 Å². The Bertz CT molecular complexity index is 1040. The average Bonchev–Trinajstić information content (AvgIpc) is 3.35. The fourth-order valence-electron chi connectivity index (χ4n) is 19.4. The first-order valence-electron chi connectivity index (χ1n) is 18.3. The van der Waals surface area contributed by atoms with Gasteiger partial charge in [0.1, 0.15) is 0 Å². The van der Waals surface area contributed by atoms with Crippen molar-refractivity contribution in [2.75, 3.05) is 0 Å². The highest BCUT2D eigenvalue weighted by Gasteiger charge is 3.12. The highest BCUT2D eigenvalue weighted by Crippen LogP contribution is 3.15. The molecule has 0 heteroatoms. The average molecular weight is 535 g/mol. The molecule has 16 unspecified atom stereocenters. The zero-order valence-corrected chi connectivity index (χ0v) is 28.3. The van der Waals surface area contributed by atoms with Gasteiger partial charge in [0, 0.05) is 0 Å². The van der Waals surface area contributed by atoms with Crippen molar-refractivity contribution >= 4 is 0 Å². The van der Waals surface area contributed by atoms with E-state index in [1.54, 1.807) is 25.7 Å². The molecule has 0 nitrogen and oxygen atoms in total. The molecule has 7 aliphatic rings. The summed E-state index contributed by atoms with van der Waals surface area (Å²) in [5.74, 6) is 9.35. The van der Waals surface area contributed by atoms with Gasteiger partial charge in [0.2, 0.25) is 0 Å². The minimum atomic E-state index is 0.487. The van der Waals surface area contributed by atoms with Gasteiger partial charge in [-0.3, -0.25) is 0 Å². The molecular weight excluding hydrogens is 468 g/mol. The summed E-state index contributed by atoms with van der Waals surface area (Å²) in [4.78, 5) is 0. The Morgan fingerprint density at radius 2 is 1.56 bits per heavy atom. The van der Waals surface area contributed by atoms with Crippen LogP contribution in [0, 0.1) is 97.1 Å². The van der Waals surface area contributed by atoms with Crippen LogP contribution in [0.5, 0.6) is 0 Å². The molecule has 2 spiro atoms. The highest BCUT2D eigenvalue weighted by molar-refractivity contribution is 5.58. The van der Waals surface area contributed by atoms with Gasteiger partial charge < -0.3 is 0 Å². The zero-order chi connectivity index (χ0) is 28.3. The summed E-state index contributed by atoms with van der Waals surface area (Å²) in [6.45, 7) is 33.0. The number of hydrogen-bond donors (Lipinski definition) is 0. The number of rotatable bonds is 9. The second-order valence-corrected chi connectivity index (χ2v) is 18.3. The summed E-state index contributed by atoms with van der Waals surface area (Å²) < 4.78 is 0. The third-order valence-corrected chi connectivity index (χ3v) is 19.1. The van der Waals surface area contributed by atoms with Crippen LogP contribution in [0.15, 0.2) is 0 Å². The van der Waals surface area contributed by atoms with Crippen LogP contribution >= 0.6 is 0 Å². The Kier molecular flexibility index (Phi) is 5.52. The molecule has 16 atom stereocenters. The van der Waals surface area contributed by atoms with Crippen LogP contribution in [0.25, 0.3) is 0 Å². The van der Waals surface area contributed by atoms with E-state index in [0.29, 0.717) is 37.9 Å². The van der Waals surface area contributed by atoms with Crippen LogP contribution < -0.4 is 0 Å². The summed E-state index contributed by atoms with van der Waals surface area (Å²) >= 11 is 0. The fourth-order valence-corrected chi connectivity index (χ4v) is 19.4. The number of fused-ring (bicyclic) bond motifs is 1. The van der Waals surface area contributed by atoms with Crippen LogP contribution in [-0.2, 0) is 0 Å². The van der Waals surface area contributed by atoms with Gasteiger partial charge in [-0.15, -0.1) is 0 Å². The lowest BCUT2D eigenvalue weighted by Gasteiger charge is -2.92. The molecule has 0 aliphatic heterocycles. The minimum absolute atomic E-state index is 0.487. The minimum Gasteiger partial charge on any atom is -0.0654 e. The Labute approximate surface area is 244 Å². The molecule has 7 aliphatic carbocycles. The topological polar surface area (TPSA) is 0 Å². The fraction of sp³-hybridized carbons (Fsp3) is 1.00. The quantitative estimate of drug-likeness (QED) is 0.276. The van der Waals surface area contributed by atoms with Gasteiger partial charge in [0.25, 0.3) is 0 Å². The SMILES string of the molecule is CCCCC1(C(CC)C(CC)C(C)C)C(C)C2C3C4(C)CC5C(CC)CCC6CC(C)C7(C64C)C53C2(C)C17C. The normalized spacial score (nSPS) is 62.5. The van der Waals surface area contributed by atoms with Crippen molar-refractivity contribution in [3.8, 4) is 0 Å². The first-order chi connectivity index (χ1) is 18.3. The largest absolute Gasteiger partial charge is 0.0654 e. The summed E-state index contributed by atoms with van der Waals surface area (Å²) in [6.07, 6.45) is 14.8. The Morgan fingerprint density at radius 1 is 0.872 bits per heavy atom. The van der Waals surface area contributed by atoms with Crippen molar-refractivity contribution in [1.82, 2.24) is 0 Å². The van der Waals surface area contributed by atoms with E-state index in [-0.39, 0.29) is 0 Å². The Balaban J connectivity index is 1.57. The van der Waals surface area contributed by atoms with Gasteiger partial charge in [-0.25, -0.2) is 0 Å². The van der Waals surface area contributed by atoms with E-state index in [1.165, 1.54) is 38.5 Å². The Hall–Kier alpha value is 0. The van der Waals surface area contributed by atoms with Crippen molar-refractivity contribution in [3.05, 3.63) is 0 Å². The first-order valence-corrected chi connectivity index (χ1v) is 18.3. The van der Waals surface area contributed by atoms with Crippen molar-refractivity contribution in [1.29, 1.82) is 0 Å². The number of unbranched alkanes of at least 4 members (excludes halogenated alkanes) is 1. The van der Waals surface area contributed by atoms with Crippen LogP contribution in [-0.4, -0.2) is 0 Å². The molecule has 7 saturated carbocycles. The maximum Gasteiger partial charge on any atom is -0.00774 e. The molecule has 0 saturated heterocycles. The van der Waals surface area contributed by atoms with Crippen molar-refractivity contribution in [2.45, 2.75) is 147 Å². The van der Waals surface area contributed by atoms with Gasteiger partial charge in [-0.1, -0.05) is 115 Å². The molecule has 0 aromatic heterocycles. The van der Waals surface area contributed by atoms with E-state index in [2.05, 4.69) is 83.1 Å². The molecular formula is C39H66. The molecule has 0 radical (unpaired) electrons. The third kappa shape index (κ3) is 2.02. The monoisotopic (exact) mass is 535 g/mol. The molecule has 0 N–H and O–H groups in total. The van der Waals surface area contributed by atoms with E-state index < -0.39 is 0 Å². The lowest BCUT2D eigenvalue weighted by Crippen LogP contribution is -2.89. The molecule has 0 aromatic carbocycles. The van der Waals surface area contributed by atoms with Crippen molar-refractivity contribution in [3.63, 3.8) is 0 Å². The molecule has 3 bridgehead atoms. The van der Waals surface area contributed by atoms with E-state index >= 15 is 0 Å². The first kappa shape index (κ1) is 27.8. The molecule has 39 heavy (non-hydrogen) atoms. The molecule has 7 fully saturated rings. The maximum absolute atomic E-state index is 3.04. The zero-order valence-electron chi connectivity index (χ0n) is 28.3. The second-order valence-electron chi connectivity index (χ2n) is 18.3. The van der Waals surface area contributed by atoms with Crippen LogP contribution in [0.2, 0.25) is 0 Å².